The fraction of sp³-hybridized carbons (Fsp3) is 1.00. The van der Waals surface area contributed by atoms with Crippen LogP contribution in [0.15, 0.2) is 0 Å². The Balaban J connectivity index is 3.92. The summed E-state index contributed by atoms with van der Waals surface area (Å²) < 4.78 is 0. The Morgan fingerprint density at radius 2 is 1.50 bits per heavy atom. The molecule has 0 bridgehead atoms. The maximum absolute atomic E-state index is 9.84. The van der Waals surface area contributed by atoms with Crippen molar-refractivity contribution in [3.8, 4) is 0 Å². The quantitative estimate of drug-likeness (QED) is 0.690. The van der Waals surface area contributed by atoms with E-state index in [-0.39, 0.29) is 11.5 Å². The Labute approximate surface area is 77.2 Å². The van der Waals surface area contributed by atoms with Gasteiger partial charge in [0.25, 0.3) is 0 Å². The highest BCUT2D eigenvalue weighted by atomic mass is 16.3. The zero-order valence-electron chi connectivity index (χ0n) is 9.22. The maximum atomic E-state index is 9.84. The summed E-state index contributed by atoms with van der Waals surface area (Å²) in [5.74, 6) is 0.490. The first-order chi connectivity index (χ1) is 5.40. The molecule has 0 spiro atoms. The molecule has 0 aliphatic heterocycles. The fourth-order valence-corrected chi connectivity index (χ4v) is 1.63. The minimum Gasteiger partial charge on any atom is -0.393 e. The van der Waals surface area contributed by atoms with Crippen LogP contribution in [0.2, 0.25) is 0 Å². The lowest BCUT2D eigenvalue weighted by molar-refractivity contribution is 0.0624. The maximum Gasteiger partial charge on any atom is 0.0573 e. The third-order valence-corrected chi connectivity index (χ3v) is 2.41. The average molecular weight is 172 g/mol. The monoisotopic (exact) mass is 172 g/mol. The van der Waals surface area contributed by atoms with E-state index < -0.39 is 0 Å². The van der Waals surface area contributed by atoms with Crippen LogP contribution in [0.25, 0.3) is 0 Å². The van der Waals surface area contributed by atoms with Crippen LogP contribution in [0.1, 0.15) is 53.9 Å². The first kappa shape index (κ1) is 12.0. The van der Waals surface area contributed by atoms with Crippen LogP contribution in [-0.4, -0.2) is 11.2 Å². The summed E-state index contributed by atoms with van der Waals surface area (Å²) in [6.45, 7) is 10.8. The second-order valence-corrected chi connectivity index (χ2v) is 4.91. The van der Waals surface area contributed by atoms with Crippen LogP contribution < -0.4 is 0 Å². The molecule has 1 nitrogen and oxygen atoms in total. The SMILES string of the molecule is CCC(CC)C(O)CC(C)(C)C. The van der Waals surface area contributed by atoms with Gasteiger partial charge in [-0.2, -0.15) is 0 Å². The Bertz CT molecular complexity index is 109. The van der Waals surface area contributed by atoms with Crippen LogP contribution >= 0.6 is 0 Å². The van der Waals surface area contributed by atoms with Crippen LogP contribution in [-0.2, 0) is 0 Å². The Kier molecular flexibility index (Phi) is 4.84. The van der Waals surface area contributed by atoms with Crippen molar-refractivity contribution in [3.63, 3.8) is 0 Å². The number of aliphatic hydroxyl groups excluding tert-OH is 1. The summed E-state index contributed by atoms with van der Waals surface area (Å²) in [5, 5.41) is 9.84. The molecule has 0 saturated carbocycles. The molecule has 0 amide bonds. The average Bonchev–Trinajstić information content (AvgIpc) is 1.85. The van der Waals surface area contributed by atoms with Crippen molar-refractivity contribution in [1.29, 1.82) is 0 Å². The largest absolute Gasteiger partial charge is 0.393 e. The fourth-order valence-electron chi connectivity index (χ4n) is 1.63. The summed E-state index contributed by atoms with van der Waals surface area (Å²) in [6, 6.07) is 0. The van der Waals surface area contributed by atoms with Gasteiger partial charge < -0.3 is 5.11 Å². The van der Waals surface area contributed by atoms with Gasteiger partial charge in [0.05, 0.1) is 6.10 Å². The molecule has 1 unspecified atom stereocenters. The summed E-state index contributed by atoms with van der Waals surface area (Å²) in [6.07, 6.45) is 2.99. The molecule has 0 aliphatic rings. The molecule has 0 saturated heterocycles. The van der Waals surface area contributed by atoms with Gasteiger partial charge in [0, 0.05) is 0 Å². The van der Waals surface area contributed by atoms with E-state index in [0.717, 1.165) is 19.3 Å². The van der Waals surface area contributed by atoms with Crippen LogP contribution in [0.4, 0.5) is 0 Å². The summed E-state index contributed by atoms with van der Waals surface area (Å²) >= 11 is 0. The van der Waals surface area contributed by atoms with Gasteiger partial charge in [0.1, 0.15) is 0 Å². The molecule has 0 aromatic carbocycles. The molecule has 0 aliphatic carbocycles. The Hall–Kier alpha value is -0.0400. The predicted molar refractivity (Wildman–Crippen MR) is 54.2 cm³/mol. The molecule has 0 aromatic rings. The molecule has 74 valence electrons. The van der Waals surface area contributed by atoms with Crippen molar-refractivity contribution in [2.24, 2.45) is 11.3 Å². The van der Waals surface area contributed by atoms with E-state index in [1.165, 1.54) is 0 Å². The van der Waals surface area contributed by atoms with E-state index in [9.17, 15) is 5.11 Å². The van der Waals surface area contributed by atoms with Crippen molar-refractivity contribution in [2.75, 3.05) is 0 Å². The van der Waals surface area contributed by atoms with Crippen molar-refractivity contribution in [2.45, 2.75) is 60.0 Å². The Morgan fingerprint density at radius 3 is 1.75 bits per heavy atom. The van der Waals surface area contributed by atoms with E-state index in [1.807, 2.05) is 0 Å². The van der Waals surface area contributed by atoms with Gasteiger partial charge in [-0.3, -0.25) is 0 Å². The van der Waals surface area contributed by atoms with Gasteiger partial charge in [-0.05, 0) is 17.8 Å². The number of rotatable bonds is 4. The van der Waals surface area contributed by atoms with Gasteiger partial charge in [-0.1, -0.05) is 47.5 Å². The minimum absolute atomic E-state index is 0.111. The highest BCUT2D eigenvalue weighted by Gasteiger charge is 2.21. The molecule has 0 radical (unpaired) electrons. The molecule has 12 heavy (non-hydrogen) atoms. The van der Waals surface area contributed by atoms with Crippen LogP contribution in [0.5, 0.6) is 0 Å². The van der Waals surface area contributed by atoms with Crippen molar-refractivity contribution in [3.05, 3.63) is 0 Å². The smallest absolute Gasteiger partial charge is 0.0573 e. The zero-order chi connectivity index (χ0) is 9.78. The molecule has 0 aromatic heterocycles. The molecule has 1 N–H and O–H groups in total. The first-order valence-electron chi connectivity index (χ1n) is 5.08. The standard InChI is InChI=1S/C11H24O/c1-6-9(7-2)10(12)8-11(3,4)5/h9-10,12H,6-8H2,1-5H3. The van der Waals surface area contributed by atoms with Crippen molar-refractivity contribution in [1.82, 2.24) is 0 Å². The van der Waals surface area contributed by atoms with Gasteiger partial charge in [0.2, 0.25) is 0 Å². The molecular weight excluding hydrogens is 148 g/mol. The van der Waals surface area contributed by atoms with E-state index in [2.05, 4.69) is 34.6 Å². The molecule has 0 rings (SSSR count). The van der Waals surface area contributed by atoms with E-state index in [1.54, 1.807) is 0 Å². The molecule has 1 heteroatoms. The highest BCUT2D eigenvalue weighted by molar-refractivity contribution is 4.73. The van der Waals surface area contributed by atoms with Crippen LogP contribution in [0.3, 0.4) is 0 Å². The lowest BCUT2D eigenvalue weighted by atomic mass is 9.83. The predicted octanol–water partition coefficient (Wildman–Crippen LogP) is 3.22. The third-order valence-electron chi connectivity index (χ3n) is 2.41. The normalized spacial score (nSPS) is 15.2. The van der Waals surface area contributed by atoms with Crippen molar-refractivity contribution >= 4 is 0 Å². The summed E-state index contributed by atoms with van der Waals surface area (Å²) in [4.78, 5) is 0. The molecule has 1 atom stereocenters. The summed E-state index contributed by atoms with van der Waals surface area (Å²) in [7, 11) is 0. The molecular formula is C11H24O. The van der Waals surface area contributed by atoms with Gasteiger partial charge in [-0.25, -0.2) is 0 Å². The number of hydrogen-bond donors (Lipinski definition) is 1. The summed E-state index contributed by atoms with van der Waals surface area (Å²) in [5.41, 5.74) is 0.252. The van der Waals surface area contributed by atoms with Gasteiger partial charge in [-0.15, -0.1) is 0 Å². The second-order valence-electron chi connectivity index (χ2n) is 4.91. The molecule has 0 fully saturated rings. The van der Waals surface area contributed by atoms with E-state index in [4.69, 9.17) is 0 Å². The van der Waals surface area contributed by atoms with E-state index >= 15 is 0 Å². The lowest BCUT2D eigenvalue weighted by Gasteiger charge is -2.27. The van der Waals surface area contributed by atoms with Crippen LogP contribution in [0, 0.1) is 11.3 Å². The lowest BCUT2D eigenvalue weighted by Crippen LogP contribution is -2.25. The zero-order valence-corrected chi connectivity index (χ0v) is 9.22. The van der Waals surface area contributed by atoms with E-state index in [0.29, 0.717) is 5.92 Å². The Morgan fingerprint density at radius 1 is 1.08 bits per heavy atom. The first-order valence-corrected chi connectivity index (χ1v) is 5.08. The number of hydrogen-bond acceptors (Lipinski definition) is 1. The highest BCUT2D eigenvalue weighted by Crippen LogP contribution is 2.26. The van der Waals surface area contributed by atoms with Crippen molar-refractivity contribution < 1.29 is 5.11 Å². The topological polar surface area (TPSA) is 20.2 Å². The minimum atomic E-state index is -0.111. The van der Waals surface area contributed by atoms with Gasteiger partial charge in [0.15, 0.2) is 0 Å². The third kappa shape index (κ3) is 4.76. The molecule has 0 heterocycles. The van der Waals surface area contributed by atoms with Gasteiger partial charge >= 0.3 is 0 Å². The number of aliphatic hydroxyl groups is 1. The second kappa shape index (κ2) is 4.86.